The summed E-state index contributed by atoms with van der Waals surface area (Å²) in [4.78, 5) is 15.8. The molecule has 126 valence electrons. The lowest BCUT2D eigenvalue weighted by Gasteiger charge is -2.18. The van der Waals surface area contributed by atoms with E-state index in [0.717, 1.165) is 37.6 Å². The molecule has 1 aliphatic rings. The van der Waals surface area contributed by atoms with Gasteiger partial charge < -0.3 is 15.4 Å². The predicted molar refractivity (Wildman–Crippen MR) is 89.8 cm³/mol. The highest BCUT2D eigenvalue weighted by Gasteiger charge is 2.20. The molecule has 2 aromatic rings. The van der Waals surface area contributed by atoms with E-state index in [9.17, 15) is 9.18 Å². The van der Waals surface area contributed by atoms with E-state index in [1.54, 1.807) is 7.11 Å². The highest BCUT2D eigenvalue weighted by Crippen LogP contribution is 2.28. The summed E-state index contributed by atoms with van der Waals surface area (Å²) in [5.74, 6) is 0.347. The molecule has 0 saturated heterocycles. The van der Waals surface area contributed by atoms with Crippen LogP contribution < -0.4 is 15.4 Å². The number of halogens is 1. The number of hydrogen-bond acceptors (Lipinski definition) is 3. The number of pyridine rings is 1. The van der Waals surface area contributed by atoms with Crippen molar-refractivity contribution < 1.29 is 13.9 Å². The number of rotatable bonds is 3. The van der Waals surface area contributed by atoms with Crippen LogP contribution in [0.3, 0.4) is 0 Å². The Morgan fingerprint density at radius 3 is 3.04 bits per heavy atom. The van der Waals surface area contributed by atoms with Crippen LogP contribution in [0.5, 0.6) is 5.75 Å². The van der Waals surface area contributed by atoms with Gasteiger partial charge >= 0.3 is 6.03 Å². The fraction of sp³-hybridized carbons (Fsp3) is 0.333. The molecule has 1 aliphatic carbocycles. The number of methoxy groups -OCH3 is 1. The summed E-state index contributed by atoms with van der Waals surface area (Å²) in [6, 6.07) is 7.03. The third kappa shape index (κ3) is 3.64. The maximum absolute atomic E-state index is 13.6. The molecule has 1 unspecified atom stereocenters. The summed E-state index contributed by atoms with van der Waals surface area (Å²) in [5, 5.41) is 5.47. The topological polar surface area (TPSA) is 63.2 Å². The fourth-order valence-electron chi connectivity index (χ4n) is 3.11. The fourth-order valence-corrected chi connectivity index (χ4v) is 3.11. The Balaban J connectivity index is 1.67. The normalized spacial score (nSPS) is 16.7. The number of nitrogens with zero attached hydrogens (tertiary/aromatic N) is 1. The number of benzene rings is 1. The number of carbonyl (C=O) groups is 1. The van der Waals surface area contributed by atoms with Crippen molar-refractivity contribution >= 4 is 11.7 Å². The molecule has 1 atom stereocenters. The number of anilines is 1. The first kappa shape index (κ1) is 16.2. The second-order valence-electron chi connectivity index (χ2n) is 5.85. The molecule has 1 aromatic carbocycles. The van der Waals surface area contributed by atoms with Crippen LogP contribution in [0.15, 0.2) is 36.7 Å². The molecule has 2 amide bonds. The van der Waals surface area contributed by atoms with Crippen LogP contribution in [0, 0.1) is 5.82 Å². The molecule has 0 fully saturated rings. The Bertz CT molecular complexity index is 736. The molecule has 2 N–H and O–H groups in total. The van der Waals surface area contributed by atoms with Gasteiger partial charge in [0.05, 0.1) is 19.0 Å². The highest BCUT2D eigenvalue weighted by molar-refractivity contribution is 5.89. The van der Waals surface area contributed by atoms with Gasteiger partial charge in [-0.15, -0.1) is 0 Å². The Kier molecular flexibility index (Phi) is 4.93. The quantitative estimate of drug-likeness (QED) is 0.849. The number of hydrogen-bond donors (Lipinski definition) is 2. The smallest absolute Gasteiger partial charge is 0.319 e. The van der Waals surface area contributed by atoms with Crippen molar-refractivity contribution in [1.82, 2.24) is 10.3 Å². The van der Waals surface area contributed by atoms with Gasteiger partial charge in [0.2, 0.25) is 0 Å². The Labute approximate surface area is 140 Å². The van der Waals surface area contributed by atoms with Gasteiger partial charge in [-0.05, 0) is 48.9 Å². The average molecular weight is 329 g/mol. The van der Waals surface area contributed by atoms with Crippen molar-refractivity contribution in [3.8, 4) is 5.75 Å². The number of carbonyl (C=O) groups excluding carboxylic acids is 1. The maximum atomic E-state index is 13.6. The van der Waals surface area contributed by atoms with Crippen LogP contribution in [0.4, 0.5) is 14.9 Å². The van der Waals surface area contributed by atoms with Gasteiger partial charge in [0.15, 0.2) is 5.82 Å². The molecule has 3 rings (SSSR count). The Morgan fingerprint density at radius 2 is 2.25 bits per heavy atom. The third-order valence-corrected chi connectivity index (χ3v) is 4.25. The van der Waals surface area contributed by atoms with Crippen molar-refractivity contribution in [3.63, 3.8) is 0 Å². The summed E-state index contributed by atoms with van der Waals surface area (Å²) in [5.41, 5.74) is 2.52. The molecule has 0 aliphatic heterocycles. The van der Waals surface area contributed by atoms with Crippen LogP contribution in [0.2, 0.25) is 0 Å². The van der Waals surface area contributed by atoms with Gasteiger partial charge in [0, 0.05) is 12.2 Å². The molecule has 6 heteroatoms. The minimum Gasteiger partial charge on any atom is -0.496 e. The number of nitrogens with one attached hydrogen (secondary N) is 2. The van der Waals surface area contributed by atoms with Crippen LogP contribution in [-0.4, -0.2) is 24.2 Å². The minimum absolute atomic E-state index is 0.00301. The average Bonchev–Trinajstić information content (AvgIpc) is 2.78. The summed E-state index contributed by atoms with van der Waals surface area (Å²) >= 11 is 0. The summed E-state index contributed by atoms with van der Waals surface area (Å²) in [7, 11) is 1.67. The van der Waals surface area contributed by atoms with E-state index in [1.807, 2.05) is 12.1 Å². The van der Waals surface area contributed by atoms with Crippen LogP contribution in [0.25, 0.3) is 0 Å². The molecule has 0 saturated carbocycles. The first-order valence-corrected chi connectivity index (χ1v) is 7.99. The van der Waals surface area contributed by atoms with E-state index in [-0.39, 0.29) is 11.7 Å². The SMILES string of the molecule is COc1cccc2c1CCCC(NC(=O)Nc1ccncc1F)C2. The van der Waals surface area contributed by atoms with Crippen molar-refractivity contribution in [2.75, 3.05) is 12.4 Å². The molecule has 0 spiro atoms. The van der Waals surface area contributed by atoms with Crippen molar-refractivity contribution in [2.45, 2.75) is 31.7 Å². The molecule has 1 aromatic heterocycles. The van der Waals surface area contributed by atoms with Gasteiger partial charge in [-0.25, -0.2) is 9.18 Å². The van der Waals surface area contributed by atoms with Crippen molar-refractivity contribution in [3.05, 3.63) is 53.6 Å². The maximum Gasteiger partial charge on any atom is 0.319 e. The van der Waals surface area contributed by atoms with Gasteiger partial charge in [-0.2, -0.15) is 0 Å². The van der Waals surface area contributed by atoms with Crippen LogP contribution in [-0.2, 0) is 12.8 Å². The summed E-state index contributed by atoms with van der Waals surface area (Å²) in [6.07, 6.45) is 6.00. The van der Waals surface area contributed by atoms with Gasteiger partial charge in [-0.1, -0.05) is 12.1 Å². The minimum atomic E-state index is -0.552. The number of amides is 2. The van der Waals surface area contributed by atoms with Gasteiger partial charge in [-0.3, -0.25) is 4.98 Å². The zero-order chi connectivity index (χ0) is 16.9. The molecule has 24 heavy (non-hydrogen) atoms. The van der Waals surface area contributed by atoms with Crippen LogP contribution in [0.1, 0.15) is 24.0 Å². The first-order valence-electron chi connectivity index (χ1n) is 7.99. The predicted octanol–water partition coefficient (Wildman–Crippen LogP) is 3.30. The molecular formula is C18H20FN3O2. The monoisotopic (exact) mass is 329 g/mol. The summed E-state index contributed by atoms with van der Waals surface area (Å²) < 4.78 is 19.0. The lowest BCUT2D eigenvalue weighted by Crippen LogP contribution is -2.39. The molecule has 0 bridgehead atoms. The highest BCUT2D eigenvalue weighted by atomic mass is 19.1. The molecule has 1 heterocycles. The van der Waals surface area contributed by atoms with E-state index in [4.69, 9.17) is 4.74 Å². The number of urea groups is 1. The lowest BCUT2D eigenvalue weighted by molar-refractivity contribution is 0.247. The van der Waals surface area contributed by atoms with Crippen molar-refractivity contribution in [1.29, 1.82) is 0 Å². The molecular weight excluding hydrogens is 309 g/mol. The zero-order valence-corrected chi connectivity index (χ0v) is 13.5. The zero-order valence-electron chi connectivity index (χ0n) is 13.5. The largest absolute Gasteiger partial charge is 0.496 e. The number of ether oxygens (including phenoxy) is 1. The van der Waals surface area contributed by atoms with Gasteiger partial charge in [0.1, 0.15) is 5.75 Å². The first-order chi connectivity index (χ1) is 11.7. The third-order valence-electron chi connectivity index (χ3n) is 4.25. The van der Waals surface area contributed by atoms with E-state index in [1.165, 1.54) is 23.4 Å². The number of aromatic nitrogens is 1. The van der Waals surface area contributed by atoms with E-state index in [0.29, 0.717) is 0 Å². The molecule has 0 radical (unpaired) electrons. The number of fused-ring (bicyclic) bond motifs is 1. The summed E-state index contributed by atoms with van der Waals surface area (Å²) in [6.45, 7) is 0. The van der Waals surface area contributed by atoms with E-state index in [2.05, 4.69) is 21.7 Å². The Hall–Kier alpha value is -2.63. The van der Waals surface area contributed by atoms with Crippen molar-refractivity contribution in [2.24, 2.45) is 0 Å². The standard InChI is InChI=1S/C18H20FN3O2/c1-24-17-7-2-4-12-10-13(5-3-6-14(12)17)21-18(23)22-16-8-9-20-11-15(16)19/h2,4,7-9,11,13H,3,5-6,10H2,1H3,(H2,20,21,22,23). The second kappa shape index (κ2) is 7.29. The van der Waals surface area contributed by atoms with Gasteiger partial charge in [0.25, 0.3) is 0 Å². The Morgan fingerprint density at radius 1 is 1.38 bits per heavy atom. The van der Waals surface area contributed by atoms with Crippen LogP contribution >= 0.6 is 0 Å². The second-order valence-corrected chi connectivity index (χ2v) is 5.85. The lowest BCUT2D eigenvalue weighted by atomic mass is 10.0. The van der Waals surface area contributed by atoms with E-state index >= 15 is 0 Å². The van der Waals surface area contributed by atoms with E-state index < -0.39 is 11.8 Å². The molecule has 5 nitrogen and oxygen atoms in total.